The highest BCUT2D eigenvalue weighted by Crippen LogP contribution is 2.45. The molecular weight excluding hydrogens is 415 g/mol. The summed E-state index contributed by atoms with van der Waals surface area (Å²) in [5.41, 5.74) is 0. The second-order valence-electron chi connectivity index (χ2n) is 8.69. The number of phosphoric ester groups is 1. The molecule has 0 aliphatic heterocycles. The molecular formula is C24H51O6P. The first-order valence-corrected chi connectivity index (χ1v) is 14.3. The van der Waals surface area contributed by atoms with E-state index in [1.54, 1.807) is 13.8 Å². The van der Waals surface area contributed by atoms with Crippen molar-refractivity contribution < 1.29 is 28.0 Å². The number of unbranched alkanes of at least 4 members (excludes halogenated alkanes) is 12. The molecule has 7 heteroatoms. The van der Waals surface area contributed by atoms with Crippen LogP contribution in [0.2, 0.25) is 0 Å². The Labute approximate surface area is 192 Å². The van der Waals surface area contributed by atoms with Crippen molar-refractivity contribution in [1.82, 2.24) is 0 Å². The molecule has 0 heterocycles. The Morgan fingerprint density at radius 1 is 0.613 bits per heavy atom. The van der Waals surface area contributed by atoms with Gasteiger partial charge < -0.3 is 14.4 Å². The summed E-state index contributed by atoms with van der Waals surface area (Å²) in [5.74, 6) is 0. The lowest BCUT2D eigenvalue weighted by atomic mass is 10.1. The summed E-state index contributed by atoms with van der Waals surface area (Å²) in [6.45, 7) is 9.76. The SMILES string of the molecule is CCCCCCCCCOCC(C)OP(=O)(O)OC(C)COCCCCCCCCC. The van der Waals surface area contributed by atoms with Crippen LogP contribution >= 0.6 is 7.82 Å². The Morgan fingerprint density at radius 3 is 1.29 bits per heavy atom. The minimum absolute atomic E-state index is 0.285. The van der Waals surface area contributed by atoms with Gasteiger partial charge in [-0.2, -0.15) is 0 Å². The van der Waals surface area contributed by atoms with Crippen LogP contribution in [0.1, 0.15) is 118 Å². The molecule has 2 unspecified atom stereocenters. The molecule has 0 rings (SSSR count). The zero-order chi connectivity index (χ0) is 23.2. The third-order valence-corrected chi connectivity index (χ3v) is 6.37. The molecule has 0 aliphatic carbocycles. The van der Waals surface area contributed by atoms with Gasteiger partial charge in [0.1, 0.15) is 0 Å². The Hall–Kier alpha value is 0.0300. The Morgan fingerprint density at radius 2 is 0.935 bits per heavy atom. The zero-order valence-electron chi connectivity index (χ0n) is 20.8. The van der Waals surface area contributed by atoms with Gasteiger partial charge in [0, 0.05) is 13.2 Å². The van der Waals surface area contributed by atoms with Crippen LogP contribution in [0, 0.1) is 0 Å². The van der Waals surface area contributed by atoms with Gasteiger partial charge in [-0.05, 0) is 26.7 Å². The van der Waals surface area contributed by atoms with E-state index in [1.807, 2.05) is 0 Å². The summed E-state index contributed by atoms with van der Waals surface area (Å²) in [6.07, 6.45) is 16.2. The zero-order valence-corrected chi connectivity index (χ0v) is 21.7. The summed E-state index contributed by atoms with van der Waals surface area (Å²) in [5, 5.41) is 0. The van der Waals surface area contributed by atoms with Crippen molar-refractivity contribution in [2.24, 2.45) is 0 Å². The van der Waals surface area contributed by atoms with Crippen molar-refractivity contribution in [1.29, 1.82) is 0 Å². The Bertz CT molecular complexity index is 387. The highest BCUT2D eigenvalue weighted by atomic mass is 31.2. The fraction of sp³-hybridized carbons (Fsp3) is 1.00. The van der Waals surface area contributed by atoms with E-state index < -0.39 is 20.0 Å². The van der Waals surface area contributed by atoms with Crippen LogP contribution in [0.3, 0.4) is 0 Å². The first kappa shape index (κ1) is 31.0. The fourth-order valence-electron chi connectivity index (χ4n) is 3.36. The number of hydrogen-bond acceptors (Lipinski definition) is 5. The van der Waals surface area contributed by atoms with Crippen LogP contribution < -0.4 is 0 Å². The molecule has 0 aromatic heterocycles. The monoisotopic (exact) mass is 466 g/mol. The largest absolute Gasteiger partial charge is 0.472 e. The summed E-state index contributed by atoms with van der Waals surface area (Å²) in [7, 11) is -4.12. The van der Waals surface area contributed by atoms with Gasteiger partial charge in [0.05, 0.1) is 25.4 Å². The van der Waals surface area contributed by atoms with E-state index in [4.69, 9.17) is 18.5 Å². The Kier molecular flexibility index (Phi) is 21.9. The molecule has 2 atom stereocenters. The molecule has 0 fully saturated rings. The van der Waals surface area contributed by atoms with Crippen molar-refractivity contribution >= 4 is 7.82 Å². The molecule has 0 saturated heterocycles. The number of ether oxygens (including phenoxy) is 2. The molecule has 31 heavy (non-hydrogen) atoms. The van der Waals surface area contributed by atoms with E-state index in [1.165, 1.54) is 64.2 Å². The van der Waals surface area contributed by atoms with Crippen molar-refractivity contribution in [2.45, 2.75) is 130 Å². The number of phosphoric acid groups is 1. The second-order valence-corrected chi connectivity index (χ2v) is 10.1. The van der Waals surface area contributed by atoms with Gasteiger partial charge >= 0.3 is 7.82 Å². The van der Waals surface area contributed by atoms with E-state index in [0.29, 0.717) is 13.2 Å². The standard InChI is InChI=1S/C24H51O6P/c1-5-7-9-11-13-15-17-19-27-21-23(3)29-31(25,26)30-24(4)22-28-20-18-16-14-12-10-8-6-2/h23-24H,5-22H2,1-4H3,(H,25,26). The molecule has 0 saturated carbocycles. The predicted octanol–water partition coefficient (Wildman–Crippen LogP) is 7.43. The van der Waals surface area contributed by atoms with Crippen molar-refractivity contribution in [2.75, 3.05) is 26.4 Å². The summed E-state index contributed by atoms with van der Waals surface area (Å²) in [6, 6.07) is 0. The van der Waals surface area contributed by atoms with Gasteiger partial charge in [-0.15, -0.1) is 0 Å². The van der Waals surface area contributed by atoms with Crippen LogP contribution in [0.15, 0.2) is 0 Å². The third-order valence-electron chi connectivity index (χ3n) is 5.12. The maximum atomic E-state index is 12.2. The van der Waals surface area contributed by atoms with Crippen LogP contribution in [-0.2, 0) is 23.1 Å². The van der Waals surface area contributed by atoms with Crippen LogP contribution in [-0.4, -0.2) is 43.5 Å². The summed E-state index contributed by atoms with van der Waals surface area (Å²) >= 11 is 0. The topological polar surface area (TPSA) is 74.2 Å². The number of rotatable bonds is 24. The summed E-state index contributed by atoms with van der Waals surface area (Å²) in [4.78, 5) is 9.94. The van der Waals surface area contributed by atoms with E-state index in [9.17, 15) is 9.46 Å². The van der Waals surface area contributed by atoms with Gasteiger partial charge in [0.15, 0.2) is 0 Å². The van der Waals surface area contributed by atoms with E-state index in [2.05, 4.69) is 13.8 Å². The molecule has 188 valence electrons. The van der Waals surface area contributed by atoms with Crippen molar-refractivity contribution in [3.8, 4) is 0 Å². The molecule has 0 aromatic carbocycles. The lowest BCUT2D eigenvalue weighted by Crippen LogP contribution is -2.20. The van der Waals surface area contributed by atoms with E-state index >= 15 is 0 Å². The minimum Gasteiger partial charge on any atom is -0.379 e. The van der Waals surface area contributed by atoms with Gasteiger partial charge in [-0.25, -0.2) is 4.57 Å². The maximum Gasteiger partial charge on any atom is 0.472 e. The van der Waals surface area contributed by atoms with E-state index in [-0.39, 0.29) is 13.2 Å². The third kappa shape index (κ3) is 23.0. The van der Waals surface area contributed by atoms with Crippen LogP contribution in [0.25, 0.3) is 0 Å². The van der Waals surface area contributed by atoms with Gasteiger partial charge in [-0.3, -0.25) is 9.05 Å². The molecule has 0 amide bonds. The molecule has 1 N–H and O–H groups in total. The molecule has 6 nitrogen and oxygen atoms in total. The molecule has 0 aromatic rings. The fourth-order valence-corrected chi connectivity index (χ4v) is 4.44. The maximum absolute atomic E-state index is 12.2. The Balaban J connectivity index is 3.66. The first-order valence-electron chi connectivity index (χ1n) is 12.8. The quantitative estimate of drug-likeness (QED) is 0.118. The normalized spacial score (nSPS) is 15.6. The lowest BCUT2D eigenvalue weighted by molar-refractivity contribution is 0.00555. The van der Waals surface area contributed by atoms with Gasteiger partial charge in [0.2, 0.25) is 0 Å². The van der Waals surface area contributed by atoms with E-state index in [0.717, 1.165) is 25.7 Å². The van der Waals surface area contributed by atoms with Crippen LogP contribution in [0.5, 0.6) is 0 Å². The molecule has 0 radical (unpaired) electrons. The van der Waals surface area contributed by atoms with Crippen LogP contribution in [0.4, 0.5) is 0 Å². The van der Waals surface area contributed by atoms with Gasteiger partial charge in [-0.1, -0.05) is 90.9 Å². The molecule has 0 bridgehead atoms. The molecule has 0 aliphatic rings. The number of hydrogen-bond donors (Lipinski definition) is 1. The first-order chi connectivity index (χ1) is 14.9. The highest BCUT2D eigenvalue weighted by molar-refractivity contribution is 7.47. The second kappa shape index (κ2) is 21.9. The minimum atomic E-state index is -4.12. The summed E-state index contributed by atoms with van der Waals surface area (Å²) < 4.78 is 33.7. The average Bonchev–Trinajstić information content (AvgIpc) is 2.70. The average molecular weight is 467 g/mol. The smallest absolute Gasteiger partial charge is 0.379 e. The highest BCUT2D eigenvalue weighted by Gasteiger charge is 2.27. The lowest BCUT2D eigenvalue weighted by Gasteiger charge is -2.21. The van der Waals surface area contributed by atoms with Crippen molar-refractivity contribution in [3.05, 3.63) is 0 Å². The van der Waals surface area contributed by atoms with Gasteiger partial charge in [0.25, 0.3) is 0 Å². The van der Waals surface area contributed by atoms with Crippen molar-refractivity contribution in [3.63, 3.8) is 0 Å². The predicted molar refractivity (Wildman–Crippen MR) is 129 cm³/mol. The molecule has 0 spiro atoms.